The second-order valence-electron chi connectivity index (χ2n) is 7.99. The molecule has 0 aliphatic carbocycles. The predicted molar refractivity (Wildman–Crippen MR) is 133 cm³/mol. The zero-order valence-corrected chi connectivity index (χ0v) is 21.1. The lowest BCUT2D eigenvalue weighted by molar-refractivity contribution is -0.757. The Morgan fingerprint density at radius 2 is 1.80 bits per heavy atom. The highest BCUT2D eigenvalue weighted by molar-refractivity contribution is 7.98. The van der Waals surface area contributed by atoms with E-state index in [-0.39, 0.29) is 24.3 Å². The number of carbonyl (C=O) groups is 1. The predicted octanol–water partition coefficient (Wildman–Crippen LogP) is 4.73. The van der Waals surface area contributed by atoms with E-state index in [0.29, 0.717) is 17.0 Å². The highest BCUT2D eigenvalue weighted by Gasteiger charge is 2.26. The third kappa shape index (κ3) is 6.23. The summed E-state index contributed by atoms with van der Waals surface area (Å²) in [6, 6.07) is 16.1. The van der Waals surface area contributed by atoms with Gasteiger partial charge in [0.2, 0.25) is 0 Å². The molecule has 2 aromatic carbocycles. The number of sulfone groups is 1. The molecule has 0 saturated carbocycles. The van der Waals surface area contributed by atoms with Crippen LogP contribution in [0.15, 0.2) is 64.4 Å². The Kier molecular flexibility index (Phi) is 8.23. The number of thioether (sulfide) groups is 1. The van der Waals surface area contributed by atoms with Crippen molar-refractivity contribution in [1.82, 2.24) is 4.57 Å². The summed E-state index contributed by atoms with van der Waals surface area (Å²) in [5.41, 5.74) is 3.56. The van der Waals surface area contributed by atoms with Crippen molar-refractivity contribution in [2.45, 2.75) is 35.5 Å². The molecular weight excluding hydrogens is 492 g/mol. The first-order chi connectivity index (χ1) is 16.5. The average molecular weight is 519 g/mol. The summed E-state index contributed by atoms with van der Waals surface area (Å²) >= 11 is 1.60. The number of carboxylic acids is 1. The summed E-state index contributed by atoms with van der Waals surface area (Å²) in [6.07, 6.45) is 3.47. The van der Waals surface area contributed by atoms with Gasteiger partial charge in [-0.05, 0) is 79.6 Å². The van der Waals surface area contributed by atoms with E-state index in [0.717, 1.165) is 22.4 Å². The second-order valence-corrected chi connectivity index (χ2v) is 10.9. The summed E-state index contributed by atoms with van der Waals surface area (Å²) in [7, 11) is -3.36. The molecule has 1 atom stereocenters. The molecule has 3 aromatic rings. The molecule has 0 aliphatic heterocycles. The molecule has 0 spiro atoms. The molecule has 0 radical (unpaired) electrons. The minimum absolute atomic E-state index is 0.159. The number of aromatic nitrogens is 1. The van der Waals surface area contributed by atoms with Crippen LogP contribution in [0.5, 0.6) is 0 Å². The Morgan fingerprint density at radius 1 is 1.17 bits per heavy atom. The molecule has 3 rings (SSSR count). The van der Waals surface area contributed by atoms with Crippen molar-refractivity contribution >= 4 is 27.6 Å². The first-order valence-electron chi connectivity index (χ1n) is 10.7. The van der Waals surface area contributed by atoms with Crippen LogP contribution in [0.1, 0.15) is 30.0 Å². The van der Waals surface area contributed by atoms with Crippen molar-refractivity contribution in [3.63, 3.8) is 0 Å². The number of benzene rings is 2. The molecule has 1 heterocycles. The average Bonchev–Trinajstić information content (AvgIpc) is 3.14. The van der Waals surface area contributed by atoms with E-state index in [4.69, 9.17) is 0 Å². The smallest absolute Gasteiger partial charge is 0.311 e. The van der Waals surface area contributed by atoms with Gasteiger partial charge in [-0.3, -0.25) is 4.79 Å². The summed E-state index contributed by atoms with van der Waals surface area (Å²) in [5, 5.41) is 19.5. The van der Waals surface area contributed by atoms with Gasteiger partial charge in [0.05, 0.1) is 23.1 Å². The number of hydrogen-bond acceptors (Lipinski definition) is 7. The molecule has 9 nitrogen and oxygen atoms in total. The third-order valence-electron chi connectivity index (χ3n) is 5.70. The summed E-state index contributed by atoms with van der Waals surface area (Å²) in [6.45, 7) is 1.64. The van der Waals surface area contributed by atoms with E-state index in [2.05, 4.69) is 4.84 Å². The van der Waals surface area contributed by atoms with Crippen LogP contribution >= 0.6 is 11.8 Å². The summed E-state index contributed by atoms with van der Waals surface area (Å²) < 4.78 is 25.7. The monoisotopic (exact) mass is 518 g/mol. The van der Waals surface area contributed by atoms with E-state index in [1.807, 2.05) is 42.0 Å². The molecule has 0 bridgehead atoms. The third-order valence-corrected chi connectivity index (χ3v) is 7.57. The molecule has 1 unspecified atom stereocenters. The standard InChI is InChI=1S/C24H26N2O7S2/c1-16-22(21(24(27)28)5-4-14-33-26(29)30)15-23(17-6-12-20(13-7-17)35(3,31)32)25(16)18-8-10-19(34-2)11-9-18/h6-13,15,21H,4-5,14H2,1-3H3,(H,27,28). The largest absolute Gasteiger partial charge is 0.481 e. The van der Waals surface area contributed by atoms with Gasteiger partial charge in [0.1, 0.15) is 0 Å². The fraction of sp³-hybridized carbons (Fsp3) is 0.292. The lowest BCUT2D eigenvalue weighted by Crippen LogP contribution is -2.14. The normalized spacial score (nSPS) is 12.3. The summed E-state index contributed by atoms with van der Waals surface area (Å²) in [5.74, 6) is -1.94. The molecule has 0 fully saturated rings. The maximum atomic E-state index is 12.2. The molecule has 11 heteroatoms. The Morgan fingerprint density at radius 3 is 2.31 bits per heavy atom. The molecule has 35 heavy (non-hydrogen) atoms. The zero-order valence-electron chi connectivity index (χ0n) is 19.5. The molecule has 1 N–H and O–H groups in total. The van der Waals surface area contributed by atoms with Crippen LogP contribution in [0.4, 0.5) is 0 Å². The van der Waals surface area contributed by atoms with Gasteiger partial charge in [-0.1, -0.05) is 12.1 Å². The van der Waals surface area contributed by atoms with Crippen LogP contribution in [0, 0.1) is 17.0 Å². The van der Waals surface area contributed by atoms with E-state index >= 15 is 0 Å². The van der Waals surface area contributed by atoms with Crippen LogP contribution in [0.2, 0.25) is 0 Å². The fourth-order valence-corrected chi connectivity index (χ4v) is 5.01. The van der Waals surface area contributed by atoms with Crippen molar-refractivity contribution in [3.8, 4) is 16.9 Å². The van der Waals surface area contributed by atoms with Gasteiger partial charge in [0, 0.05) is 22.5 Å². The Labute approximate surface area is 207 Å². The number of hydrogen-bond donors (Lipinski definition) is 1. The Bertz CT molecular complexity index is 1320. The van der Waals surface area contributed by atoms with Gasteiger partial charge in [-0.25, -0.2) is 8.42 Å². The van der Waals surface area contributed by atoms with Crippen molar-refractivity contribution in [2.75, 3.05) is 19.1 Å². The number of rotatable bonds is 11. The minimum atomic E-state index is -3.36. The first kappa shape index (κ1) is 26.3. The quantitative estimate of drug-likeness (QED) is 0.167. The molecular formula is C24H26N2O7S2. The van der Waals surface area contributed by atoms with Crippen molar-refractivity contribution in [2.24, 2.45) is 0 Å². The number of aliphatic carboxylic acids is 1. The first-order valence-corrected chi connectivity index (χ1v) is 13.8. The highest BCUT2D eigenvalue weighted by atomic mass is 32.2. The van der Waals surface area contributed by atoms with Gasteiger partial charge >= 0.3 is 5.97 Å². The molecule has 0 amide bonds. The van der Waals surface area contributed by atoms with Gasteiger partial charge in [-0.15, -0.1) is 21.9 Å². The van der Waals surface area contributed by atoms with Crippen LogP contribution in [0.3, 0.4) is 0 Å². The molecule has 1 aromatic heterocycles. The maximum Gasteiger partial charge on any atom is 0.311 e. The van der Waals surface area contributed by atoms with Crippen molar-refractivity contribution < 1.29 is 28.2 Å². The SMILES string of the molecule is CSc1ccc(-n2c(-c3ccc(S(C)(=O)=O)cc3)cc(C(CCCO[N+](=O)[O-])C(=O)O)c2C)cc1. The summed E-state index contributed by atoms with van der Waals surface area (Å²) in [4.78, 5) is 28.2. The van der Waals surface area contributed by atoms with Crippen molar-refractivity contribution in [3.05, 3.63) is 76.0 Å². The van der Waals surface area contributed by atoms with Gasteiger partial charge < -0.3 is 14.5 Å². The lowest BCUT2D eigenvalue weighted by Gasteiger charge is -2.15. The number of nitrogens with zero attached hydrogens (tertiary/aromatic N) is 2. The maximum absolute atomic E-state index is 12.2. The Hall–Kier alpha value is -3.31. The second kappa shape index (κ2) is 11.0. The van der Waals surface area contributed by atoms with Gasteiger partial charge in [0.15, 0.2) is 9.84 Å². The molecule has 0 aliphatic rings. The van der Waals surface area contributed by atoms with E-state index in [1.54, 1.807) is 30.0 Å². The zero-order chi connectivity index (χ0) is 25.8. The fourth-order valence-electron chi connectivity index (χ4n) is 3.97. The molecule has 186 valence electrons. The van der Waals surface area contributed by atoms with Gasteiger partial charge in [-0.2, -0.15) is 0 Å². The van der Waals surface area contributed by atoms with Crippen LogP contribution in [-0.4, -0.2) is 48.3 Å². The molecule has 0 saturated heterocycles. The van der Waals surface area contributed by atoms with Crippen LogP contribution < -0.4 is 0 Å². The van der Waals surface area contributed by atoms with Crippen molar-refractivity contribution in [1.29, 1.82) is 0 Å². The minimum Gasteiger partial charge on any atom is -0.481 e. The van der Waals surface area contributed by atoms with Crippen LogP contribution in [0.25, 0.3) is 16.9 Å². The van der Waals surface area contributed by atoms with Gasteiger partial charge in [0.25, 0.3) is 5.09 Å². The van der Waals surface area contributed by atoms with E-state index in [1.165, 1.54) is 12.1 Å². The lowest BCUT2D eigenvalue weighted by atomic mass is 9.94. The van der Waals surface area contributed by atoms with E-state index < -0.39 is 26.8 Å². The van der Waals surface area contributed by atoms with E-state index in [9.17, 15) is 28.4 Å². The number of carboxylic acid groups (broad SMARTS) is 1. The van der Waals surface area contributed by atoms with Crippen LogP contribution in [-0.2, 0) is 19.5 Å². The topological polar surface area (TPSA) is 129 Å². The Balaban J connectivity index is 2.11. The highest BCUT2D eigenvalue weighted by Crippen LogP contribution is 2.36.